The van der Waals surface area contributed by atoms with Gasteiger partial charge in [0.25, 0.3) is 0 Å². The minimum absolute atomic E-state index is 0.257. The average Bonchev–Trinajstić information content (AvgIpc) is 3.24. The number of benzene rings is 2. The molecule has 5 rings (SSSR count). The molecular weight excluding hydrogens is 576 g/mol. The van der Waals surface area contributed by atoms with E-state index in [4.69, 9.17) is 0 Å². The van der Waals surface area contributed by atoms with Crippen molar-refractivity contribution in [2.24, 2.45) is 10.8 Å². The van der Waals surface area contributed by atoms with Crippen molar-refractivity contribution in [2.45, 2.75) is 45.1 Å². The molecule has 1 fully saturated rings. The summed E-state index contributed by atoms with van der Waals surface area (Å²) in [7, 11) is -7.42. The highest BCUT2D eigenvalue weighted by Crippen LogP contribution is 2.71. The Bertz CT molecular complexity index is 1230. The summed E-state index contributed by atoms with van der Waals surface area (Å²) in [6.45, 7) is 0. The van der Waals surface area contributed by atoms with Crippen LogP contribution in [0.15, 0.2) is 92.4 Å². The second-order valence-corrected chi connectivity index (χ2v) is 14.5. The van der Waals surface area contributed by atoms with Crippen LogP contribution >= 0.6 is 31.9 Å². The van der Waals surface area contributed by atoms with E-state index in [1.54, 1.807) is 60.7 Å². The Labute approximate surface area is 205 Å². The summed E-state index contributed by atoms with van der Waals surface area (Å²) in [4.78, 5) is 0.192. The van der Waals surface area contributed by atoms with E-state index in [-0.39, 0.29) is 9.79 Å². The molecule has 0 radical (unpaired) electrons. The summed E-state index contributed by atoms with van der Waals surface area (Å²) >= 11 is 7.48. The fourth-order valence-electron chi connectivity index (χ4n) is 5.65. The van der Waals surface area contributed by atoms with E-state index in [1.807, 2.05) is 12.2 Å². The van der Waals surface area contributed by atoms with Gasteiger partial charge in [0.05, 0.1) is 29.3 Å². The number of halogens is 2. The topological polar surface area (TPSA) is 68.3 Å². The van der Waals surface area contributed by atoms with E-state index in [1.165, 1.54) is 0 Å². The fraction of sp³-hybridized carbons (Fsp3) is 0.333. The number of hydrogen-bond acceptors (Lipinski definition) is 4. The van der Waals surface area contributed by atoms with E-state index in [0.717, 1.165) is 25.7 Å². The third kappa shape index (κ3) is 2.95. The molecule has 0 heterocycles. The maximum atomic E-state index is 13.6. The summed E-state index contributed by atoms with van der Waals surface area (Å²) in [5, 5.41) is 0. The van der Waals surface area contributed by atoms with Crippen LogP contribution in [0, 0.1) is 10.8 Å². The van der Waals surface area contributed by atoms with Gasteiger partial charge in [-0.05, 0) is 37.1 Å². The molecule has 0 bridgehead atoms. The van der Waals surface area contributed by atoms with Crippen molar-refractivity contribution in [3.05, 3.63) is 82.6 Å². The normalized spacial score (nSPS) is 32.1. The van der Waals surface area contributed by atoms with Crippen molar-refractivity contribution >= 4 is 51.5 Å². The maximum Gasteiger partial charge on any atom is 0.203 e. The van der Waals surface area contributed by atoms with Gasteiger partial charge in [0.15, 0.2) is 0 Å². The highest BCUT2D eigenvalue weighted by molar-refractivity contribution is 9.10. The molecular formula is C24H22Br2O4S2. The summed E-state index contributed by atoms with van der Waals surface area (Å²) < 4.78 is 54.3. The van der Waals surface area contributed by atoms with Crippen LogP contribution in [0.4, 0.5) is 0 Å². The molecule has 4 atom stereocenters. The first-order valence-corrected chi connectivity index (χ1v) is 15.3. The SMILES string of the molecule is O=S(=O)(C1=C[C@]23CCCC[C@]2(C=C(S(=O)(=O)c2ccccc2)C3Br)C1Br)c1ccccc1. The molecule has 3 aliphatic carbocycles. The summed E-state index contributed by atoms with van der Waals surface area (Å²) in [5.74, 6) is 0. The first kappa shape index (κ1) is 22.6. The summed E-state index contributed by atoms with van der Waals surface area (Å²) in [6.07, 6.45) is 7.01. The van der Waals surface area contributed by atoms with Crippen molar-refractivity contribution in [1.29, 1.82) is 0 Å². The third-order valence-corrected chi connectivity index (χ3v) is 14.2. The largest absolute Gasteiger partial charge is 0.219 e. The van der Waals surface area contributed by atoms with Gasteiger partial charge in [-0.1, -0.05) is 93.3 Å². The van der Waals surface area contributed by atoms with Gasteiger partial charge in [-0.15, -0.1) is 0 Å². The zero-order valence-corrected chi connectivity index (χ0v) is 21.9. The van der Waals surface area contributed by atoms with Crippen molar-refractivity contribution in [2.75, 3.05) is 0 Å². The first-order chi connectivity index (χ1) is 15.2. The molecule has 2 aromatic rings. The van der Waals surface area contributed by atoms with Crippen molar-refractivity contribution in [3.8, 4) is 0 Å². The number of hydrogen-bond donors (Lipinski definition) is 0. The fourth-order valence-corrected chi connectivity index (χ4v) is 12.2. The van der Waals surface area contributed by atoms with Crippen LogP contribution in [0.2, 0.25) is 0 Å². The Kier molecular flexibility index (Phi) is 5.40. The number of alkyl halides is 2. The first-order valence-electron chi connectivity index (χ1n) is 10.5. The minimum Gasteiger partial charge on any atom is -0.219 e. The number of allylic oxidation sites excluding steroid dienone is 4. The zero-order valence-electron chi connectivity index (χ0n) is 17.1. The van der Waals surface area contributed by atoms with Gasteiger partial charge < -0.3 is 0 Å². The average molecular weight is 598 g/mol. The molecule has 2 aromatic carbocycles. The molecule has 3 aliphatic rings. The molecule has 0 spiro atoms. The molecule has 2 unspecified atom stereocenters. The molecule has 0 aliphatic heterocycles. The van der Waals surface area contributed by atoms with Crippen molar-refractivity contribution < 1.29 is 16.8 Å². The smallest absolute Gasteiger partial charge is 0.203 e. The van der Waals surface area contributed by atoms with Crippen LogP contribution in [0.25, 0.3) is 0 Å². The van der Waals surface area contributed by atoms with Crippen LogP contribution < -0.4 is 0 Å². The predicted octanol–water partition coefficient (Wildman–Crippen LogP) is 5.80. The zero-order chi connectivity index (χ0) is 22.8. The summed E-state index contributed by atoms with van der Waals surface area (Å²) in [5.41, 5.74) is -1.23. The van der Waals surface area contributed by atoms with Gasteiger partial charge in [0, 0.05) is 10.8 Å². The lowest BCUT2D eigenvalue weighted by Crippen LogP contribution is -2.45. The van der Waals surface area contributed by atoms with Crippen LogP contribution in [0.3, 0.4) is 0 Å². The molecule has 0 N–H and O–H groups in total. The van der Waals surface area contributed by atoms with Gasteiger partial charge in [-0.25, -0.2) is 16.8 Å². The van der Waals surface area contributed by atoms with E-state index >= 15 is 0 Å². The lowest BCUT2D eigenvalue weighted by atomic mass is 9.59. The number of rotatable bonds is 4. The van der Waals surface area contributed by atoms with Crippen molar-refractivity contribution in [1.82, 2.24) is 0 Å². The molecule has 0 aromatic heterocycles. The van der Waals surface area contributed by atoms with E-state index < -0.39 is 40.2 Å². The van der Waals surface area contributed by atoms with Gasteiger partial charge >= 0.3 is 0 Å². The summed E-state index contributed by atoms with van der Waals surface area (Å²) in [6, 6.07) is 16.9. The van der Waals surface area contributed by atoms with Crippen LogP contribution in [0.5, 0.6) is 0 Å². The quantitative estimate of drug-likeness (QED) is 0.418. The van der Waals surface area contributed by atoms with Gasteiger partial charge in [-0.2, -0.15) is 0 Å². The highest BCUT2D eigenvalue weighted by Gasteiger charge is 2.68. The standard InChI is InChI=1S/C24H22Br2O4S2/c25-21-19(31(27,28)17-9-3-1-4-10-17)15-23-13-7-8-14-24(21,23)16-20(22(23)26)32(29,30)18-11-5-2-6-12-18/h1-6,9-12,15-16,21-22H,7-8,13-14H2/t21?,22?,23-,24-/m0/s1. The Morgan fingerprint density at radius 1 is 0.625 bits per heavy atom. The third-order valence-electron chi connectivity index (χ3n) is 7.23. The Balaban J connectivity index is 1.67. The highest BCUT2D eigenvalue weighted by atomic mass is 79.9. The molecule has 0 saturated heterocycles. The maximum absolute atomic E-state index is 13.6. The van der Waals surface area contributed by atoms with Crippen LogP contribution in [-0.4, -0.2) is 26.5 Å². The van der Waals surface area contributed by atoms with Crippen molar-refractivity contribution in [3.63, 3.8) is 0 Å². The lowest BCUT2D eigenvalue weighted by molar-refractivity contribution is 0.122. The van der Waals surface area contributed by atoms with Crippen LogP contribution in [0.1, 0.15) is 25.7 Å². The lowest BCUT2D eigenvalue weighted by Gasteiger charge is -2.47. The monoisotopic (exact) mass is 596 g/mol. The minimum atomic E-state index is -3.71. The molecule has 32 heavy (non-hydrogen) atoms. The Morgan fingerprint density at radius 2 is 0.969 bits per heavy atom. The van der Waals surface area contributed by atoms with Crippen LogP contribution in [-0.2, 0) is 19.7 Å². The number of sulfone groups is 2. The van der Waals surface area contributed by atoms with Gasteiger partial charge in [0.1, 0.15) is 0 Å². The molecule has 1 saturated carbocycles. The second-order valence-electron chi connectivity index (χ2n) is 8.74. The Morgan fingerprint density at radius 3 is 1.31 bits per heavy atom. The Hall–Kier alpha value is -1.22. The van der Waals surface area contributed by atoms with E-state index in [0.29, 0.717) is 9.81 Å². The van der Waals surface area contributed by atoms with E-state index in [9.17, 15) is 16.8 Å². The van der Waals surface area contributed by atoms with Gasteiger partial charge in [-0.3, -0.25) is 0 Å². The second kappa shape index (κ2) is 7.65. The molecule has 8 heteroatoms. The molecule has 0 amide bonds. The molecule has 4 nitrogen and oxygen atoms in total. The van der Waals surface area contributed by atoms with E-state index in [2.05, 4.69) is 31.9 Å². The molecule has 168 valence electrons. The van der Waals surface area contributed by atoms with Gasteiger partial charge in [0.2, 0.25) is 19.7 Å². The predicted molar refractivity (Wildman–Crippen MR) is 132 cm³/mol.